The second kappa shape index (κ2) is 7.72. The fourth-order valence-corrected chi connectivity index (χ4v) is 3.98. The Kier molecular flexibility index (Phi) is 4.98. The van der Waals surface area contributed by atoms with E-state index in [-0.39, 0.29) is 5.91 Å². The number of methoxy groups -OCH3 is 1. The zero-order valence-electron chi connectivity index (χ0n) is 14.9. The lowest BCUT2D eigenvalue weighted by Gasteiger charge is -2.10. The summed E-state index contributed by atoms with van der Waals surface area (Å²) >= 11 is 1.81. The number of aromatic nitrogens is 2. The molecule has 5 nitrogen and oxygen atoms in total. The van der Waals surface area contributed by atoms with Gasteiger partial charge in [0, 0.05) is 23.1 Å². The van der Waals surface area contributed by atoms with Crippen LogP contribution in [0.4, 0.5) is 5.82 Å². The van der Waals surface area contributed by atoms with Crippen molar-refractivity contribution in [2.45, 2.75) is 11.5 Å². The van der Waals surface area contributed by atoms with Gasteiger partial charge < -0.3 is 10.1 Å². The highest BCUT2D eigenvalue weighted by molar-refractivity contribution is 7.98. The van der Waals surface area contributed by atoms with Gasteiger partial charge in [-0.2, -0.15) is 16.9 Å². The van der Waals surface area contributed by atoms with E-state index in [9.17, 15) is 4.79 Å². The molecule has 0 saturated carbocycles. The lowest BCUT2D eigenvalue weighted by molar-refractivity contribution is -0.111. The molecular formula is C21H19N3O2S. The molecule has 27 heavy (non-hydrogen) atoms. The third-order valence-electron chi connectivity index (χ3n) is 4.34. The summed E-state index contributed by atoms with van der Waals surface area (Å²) in [7, 11) is 1.64. The molecule has 1 aliphatic rings. The van der Waals surface area contributed by atoms with Crippen molar-refractivity contribution < 1.29 is 9.53 Å². The van der Waals surface area contributed by atoms with Gasteiger partial charge in [-0.15, -0.1) is 0 Å². The molecular weight excluding hydrogens is 358 g/mol. The maximum Gasteiger partial charge on any atom is 0.249 e. The number of hydrogen-bond acceptors (Lipinski definition) is 4. The molecule has 0 atom stereocenters. The number of nitrogens with one attached hydrogen (secondary N) is 1. The number of rotatable bonds is 5. The largest absolute Gasteiger partial charge is 0.497 e. The number of anilines is 1. The Morgan fingerprint density at radius 3 is 2.67 bits per heavy atom. The quantitative estimate of drug-likeness (QED) is 0.674. The number of benzene rings is 2. The third kappa shape index (κ3) is 3.75. The number of ether oxygens (including phenoxy) is 1. The van der Waals surface area contributed by atoms with Gasteiger partial charge in [0.2, 0.25) is 5.91 Å². The maximum absolute atomic E-state index is 12.5. The number of carbonyl (C=O) groups excluding carboxylic acids is 1. The first-order chi connectivity index (χ1) is 13.2. The molecule has 1 N–H and O–H groups in total. The van der Waals surface area contributed by atoms with E-state index in [4.69, 9.17) is 9.84 Å². The first-order valence-electron chi connectivity index (χ1n) is 8.61. The van der Waals surface area contributed by atoms with Gasteiger partial charge in [0.15, 0.2) is 0 Å². The number of fused-ring (bicyclic) bond motifs is 1. The molecule has 1 aliphatic heterocycles. The van der Waals surface area contributed by atoms with Crippen LogP contribution in [0.5, 0.6) is 5.75 Å². The number of amides is 1. The number of carbonyl (C=O) groups is 1. The minimum Gasteiger partial charge on any atom is -0.497 e. The van der Waals surface area contributed by atoms with E-state index in [1.807, 2.05) is 54.6 Å². The number of thioether (sulfide) groups is 1. The highest BCUT2D eigenvalue weighted by Crippen LogP contribution is 2.36. The van der Waals surface area contributed by atoms with E-state index in [0.29, 0.717) is 0 Å². The summed E-state index contributed by atoms with van der Waals surface area (Å²) in [6.07, 6.45) is 3.35. The second-order valence-corrected chi connectivity index (χ2v) is 7.10. The Hall–Kier alpha value is -2.99. The van der Waals surface area contributed by atoms with E-state index in [0.717, 1.165) is 45.6 Å². The number of hydrogen-bond donors (Lipinski definition) is 1. The molecule has 0 radical (unpaired) electrons. The highest BCUT2D eigenvalue weighted by Gasteiger charge is 2.24. The van der Waals surface area contributed by atoms with Gasteiger partial charge in [-0.25, -0.2) is 4.68 Å². The first kappa shape index (κ1) is 17.4. The van der Waals surface area contributed by atoms with Gasteiger partial charge >= 0.3 is 0 Å². The molecule has 0 unspecified atom stereocenters. The molecule has 0 fully saturated rings. The van der Waals surface area contributed by atoms with Crippen LogP contribution in [0.15, 0.2) is 60.7 Å². The molecule has 3 aromatic rings. The smallest absolute Gasteiger partial charge is 0.249 e. The molecule has 0 saturated heterocycles. The topological polar surface area (TPSA) is 56.1 Å². The highest BCUT2D eigenvalue weighted by atomic mass is 32.2. The van der Waals surface area contributed by atoms with Crippen LogP contribution in [0.3, 0.4) is 0 Å². The van der Waals surface area contributed by atoms with E-state index >= 15 is 0 Å². The van der Waals surface area contributed by atoms with Gasteiger partial charge in [0.1, 0.15) is 11.6 Å². The van der Waals surface area contributed by atoms with Gasteiger partial charge in [-0.05, 0) is 35.9 Å². The summed E-state index contributed by atoms with van der Waals surface area (Å²) in [6.45, 7) is 0. The third-order valence-corrected chi connectivity index (χ3v) is 5.31. The zero-order valence-corrected chi connectivity index (χ0v) is 15.7. The minimum atomic E-state index is -0.173. The molecule has 2 aromatic carbocycles. The lowest BCUT2D eigenvalue weighted by atomic mass is 10.2. The Balaban J connectivity index is 1.61. The van der Waals surface area contributed by atoms with Crippen LogP contribution in [0.25, 0.3) is 11.8 Å². The van der Waals surface area contributed by atoms with Crippen molar-refractivity contribution in [3.05, 3.63) is 77.5 Å². The van der Waals surface area contributed by atoms with E-state index in [1.165, 1.54) is 0 Å². The summed E-state index contributed by atoms with van der Waals surface area (Å²) in [5.41, 5.74) is 3.99. The van der Waals surface area contributed by atoms with E-state index in [1.54, 1.807) is 35.7 Å². The molecule has 2 heterocycles. The van der Waals surface area contributed by atoms with Crippen molar-refractivity contribution >= 4 is 29.6 Å². The molecule has 0 aliphatic carbocycles. The number of nitrogens with zero attached hydrogens (tertiary/aromatic N) is 2. The summed E-state index contributed by atoms with van der Waals surface area (Å²) in [5, 5.41) is 7.72. The van der Waals surface area contributed by atoms with Crippen LogP contribution >= 0.6 is 11.8 Å². The first-order valence-corrected chi connectivity index (χ1v) is 9.77. The molecule has 1 aromatic heterocycles. The van der Waals surface area contributed by atoms with Crippen molar-refractivity contribution in [1.29, 1.82) is 0 Å². The van der Waals surface area contributed by atoms with Crippen molar-refractivity contribution in [2.75, 3.05) is 12.4 Å². The Bertz CT molecular complexity index is 979. The molecule has 4 rings (SSSR count). The van der Waals surface area contributed by atoms with Crippen LogP contribution in [0.2, 0.25) is 0 Å². The van der Waals surface area contributed by atoms with Gasteiger partial charge in [0.25, 0.3) is 0 Å². The van der Waals surface area contributed by atoms with Crippen molar-refractivity contribution in [3.8, 4) is 11.4 Å². The van der Waals surface area contributed by atoms with Crippen molar-refractivity contribution in [2.24, 2.45) is 0 Å². The molecule has 0 bridgehead atoms. The zero-order chi connectivity index (χ0) is 18.6. The molecule has 0 spiro atoms. The molecule has 1 amide bonds. The minimum absolute atomic E-state index is 0.173. The average molecular weight is 377 g/mol. The van der Waals surface area contributed by atoms with Crippen LogP contribution < -0.4 is 10.1 Å². The summed E-state index contributed by atoms with van der Waals surface area (Å²) in [4.78, 5) is 12.5. The Labute approximate surface area is 162 Å². The van der Waals surface area contributed by atoms with Crippen molar-refractivity contribution in [3.63, 3.8) is 0 Å². The normalized spacial score (nSPS) is 12.9. The monoisotopic (exact) mass is 377 g/mol. The Morgan fingerprint density at radius 2 is 1.93 bits per heavy atom. The lowest BCUT2D eigenvalue weighted by Crippen LogP contribution is -2.13. The van der Waals surface area contributed by atoms with Gasteiger partial charge in [-0.1, -0.05) is 30.3 Å². The SMILES string of the molecule is COc1ccc(-n2nc3c(c2NC(=O)/C=C/c2ccccc2)CSC3)cc1. The van der Waals surface area contributed by atoms with Gasteiger partial charge in [0.05, 0.1) is 18.5 Å². The van der Waals surface area contributed by atoms with Crippen molar-refractivity contribution in [1.82, 2.24) is 9.78 Å². The predicted octanol–water partition coefficient (Wildman–Crippen LogP) is 4.28. The molecule has 136 valence electrons. The fourth-order valence-electron chi connectivity index (χ4n) is 2.95. The van der Waals surface area contributed by atoms with E-state index < -0.39 is 0 Å². The average Bonchev–Trinajstić information content (AvgIpc) is 3.30. The van der Waals surface area contributed by atoms with Crippen LogP contribution in [-0.4, -0.2) is 22.8 Å². The van der Waals surface area contributed by atoms with Gasteiger partial charge in [-0.3, -0.25) is 4.79 Å². The summed E-state index contributed by atoms with van der Waals surface area (Å²) < 4.78 is 7.03. The predicted molar refractivity (Wildman–Crippen MR) is 109 cm³/mol. The fraction of sp³-hybridized carbons (Fsp3) is 0.143. The van der Waals surface area contributed by atoms with Crippen LogP contribution in [-0.2, 0) is 16.3 Å². The Morgan fingerprint density at radius 1 is 1.15 bits per heavy atom. The standard InChI is InChI=1S/C21H19N3O2S/c1-26-17-10-8-16(9-11-17)24-21(18-13-27-14-19(18)23-24)22-20(25)12-7-15-5-3-2-4-6-15/h2-12H,13-14H2,1H3,(H,22,25)/b12-7+. The molecule has 6 heteroatoms. The van der Waals surface area contributed by atoms with Crippen LogP contribution in [0.1, 0.15) is 16.8 Å². The van der Waals surface area contributed by atoms with Crippen LogP contribution in [0, 0.1) is 0 Å². The maximum atomic E-state index is 12.5. The second-order valence-electron chi connectivity index (χ2n) is 6.11. The van der Waals surface area contributed by atoms with E-state index in [2.05, 4.69) is 5.32 Å². The summed E-state index contributed by atoms with van der Waals surface area (Å²) in [5.74, 6) is 3.06. The summed E-state index contributed by atoms with van der Waals surface area (Å²) in [6, 6.07) is 17.4.